The molecule has 1 aromatic heterocycles. The Morgan fingerprint density at radius 2 is 1.89 bits per heavy atom. The number of carbonyl (C=O) groups is 1. The summed E-state index contributed by atoms with van der Waals surface area (Å²) in [6.07, 6.45) is 2.94. The van der Waals surface area contributed by atoms with Crippen molar-refractivity contribution in [1.82, 2.24) is 9.47 Å². The van der Waals surface area contributed by atoms with Crippen LogP contribution in [0.4, 0.5) is 5.82 Å². The van der Waals surface area contributed by atoms with Gasteiger partial charge >= 0.3 is 0 Å². The number of aromatic nitrogens is 1. The number of nitrogens with zero attached hydrogens (tertiary/aromatic N) is 4. The van der Waals surface area contributed by atoms with E-state index in [9.17, 15) is 14.9 Å². The van der Waals surface area contributed by atoms with Crippen LogP contribution in [0.2, 0.25) is 0 Å². The Morgan fingerprint density at radius 3 is 2.58 bits per heavy atom. The molecule has 0 radical (unpaired) electrons. The molecular formula is C28H30N4O4S2. The summed E-state index contributed by atoms with van der Waals surface area (Å²) >= 11 is 6.84. The summed E-state index contributed by atoms with van der Waals surface area (Å²) < 4.78 is 13.0. The molecule has 3 aliphatic rings. The van der Waals surface area contributed by atoms with E-state index in [1.165, 1.54) is 11.8 Å². The third-order valence-electron chi connectivity index (χ3n) is 7.26. The van der Waals surface area contributed by atoms with Crippen LogP contribution in [0.1, 0.15) is 49.4 Å². The fourth-order valence-electron chi connectivity index (χ4n) is 5.60. The number of thioether (sulfide) groups is 1. The monoisotopic (exact) mass is 550 g/mol. The zero-order chi connectivity index (χ0) is 27.1. The van der Waals surface area contributed by atoms with Gasteiger partial charge in [0.2, 0.25) is 6.79 Å². The highest BCUT2D eigenvalue weighted by atomic mass is 32.2. The van der Waals surface area contributed by atoms with Crippen molar-refractivity contribution in [2.24, 2.45) is 11.8 Å². The van der Waals surface area contributed by atoms with Gasteiger partial charge in [-0.3, -0.25) is 19.1 Å². The van der Waals surface area contributed by atoms with Crippen molar-refractivity contribution < 1.29 is 14.3 Å². The smallest absolute Gasteiger partial charge is 0.270 e. The third kappa shape index (κ3) is 4.69. The molecular weight excluding hydrogens is 520 g/mol. The van der Waals surface area contributed by atoms with Crippen LogP contribution >= 0.6 is 24.0 Å². The summed E-state index contributed by atoms with van der Waals surface area (Å²) in [5, 5.41) is 9.84. The number of hydrogen-bond acceptors (Lipinski definition) is 8. The lowest BCUT2D eigenvalue weighted by atomic mass is 9.91. The molecule has 0 saturated carbocycles. The van der Waals surface area contributed by atoms with Crippen molar-refractivity contribution >= 4 is 46.1 Å². The number of nitriles is 1. The highest BCUT2D eigenvalue weighted by Gasteiger charge is 2.34. The van der Waals surface area contributed by atoms with Crippen LogP contribution in [0.3, 0.4) is 0 Å². The van der Waals surface area contributed by atoms with Crippen LogP contribution in [0.25, 0.3) is 6.08 Å². The number of fused-ring (bicyclic) bond motifs is 1. The summed E-state index contributed by atoms with van der Waals surface area (Å²) in [7, 11) is 0. The number of rotatable bonds is 5. The first-order valence-electron chi connectivity index (χ1n) is 12.8. The average molecular weight is 551 g/mol. The zero-order valence-corrected chi connectivity index (χ0v) is 23.6. The fraction of sp³-hybridized carbons (Fsp3) is 0.429. The second kappa shape index (κ2) is 10.5. The van der Waals surface area contributed by atoms with E-state index in [-0.39, 0.29) is 23.8 Å². The Bertz CT molecular complexity index is 1450. The summed E-state index contributed by atoms with van der Waals surface area (Å²) in [6.45, 7) is 10.7. The maximum Gasteiger partial charge on any atom is 0.270 e. The standard InChI is InChI=1S/C28H30N4O4S2/c1-5-31-25(30-12-16(2)8-17(3)13-30)20(18(4)21(11-29)26(31)33)10-24-27(34)32(28(37)38-24)14-19-6-7-22-23(9-19)36-15-35-22/h6-7,9-10,16-17H,5,8,12-15H2,1-4H3/b24-10+. The normalized spacial score (nSPS) is 21.9. The zero-order valence-electron chi connectivity index (χ0n) is 21.9. The first kappa shape index (κ1) is 26.3. The molecule has 1 amide bonds. The summed E-state index contributed by atoms with van der Waals surface area (Å²) in [5.41, 5.74) is 2.01. The number of amides is 1. The molecule has 2 saturated heterocycles. The lowest BCUT2D eigenvalue weighted by Gasteiger charge is -2.38. The Hall–Kier alpha value is -3.29. The molecule has 0 bridgehead atoms. The van der Waals surface area contributed by atoms with Gasteiger partial charge in [0.05, 0.1) is 11.4 Å². The van der Waals surface area contributed by atoms with Crippen molar-refractivity contribution in [3.63, 3.8) is 0 Å². The van der Waals surface area contributed by atoms with E-state index in [0.29, 0.717) is 51.2 Å². The lowest BCUT2D eigenvalue weighted by molar-refractivity contribution is -0.122. The van der Waals surface area contributed by atoms with E-state index in [1.807, 2.05) is 31.2 Å². The van der Waals surface area contributed by atoms with Gasteiger partial charge in [-0.2, -0.15) is 5.26 Å². The van der Waals surface area contributed by atoms with E-state index >= 15 is 0 Å². The van der Waals surface area contributed by atoms with Gasteiger partial charge < -0.3 is 14.4 Å². The summed E-state index contributed by atoms with van der Waals surface area (Å²) in [6, 6.07) is 7.69. The number of thiocarbonyl (C=S) groups is 1. The lowest BCUT2D eigenvalue weighted by Crippen LogP contribution is -2.42. The molecule has 0 spiro atoms. The van der Waals surface area contributed by atoms with Gasteiger partial charge in [0.1, 0.15) is 21.8 Å². The van der Waals surface area contributed by atoms with E-state index in [1.54, 1.807) is 16.4 Å². The largest absolute Gasteiger partial charge is 0.454 e. The topological polar surface area (TPSA) is 87.8 Å². The quantitative estimate of drug-likeness (QED) is 0.392. The van der Waals surface area contributed by atoms with E-state index in [4.69, 9.17) is 21.7 Å². The molecule has 4 heterocycles. The highest BCUT2D eigenvalue weighted by molar-refractivity contribution is 8.26. The molecule has 38 heavy (non-hydrogen) atoms. The SMILES string of the molecule is CCn1c(N2CC(C)CC(C)C2)c(/C=C2/SC(=S)N(Cc3ccc4c(c3)OCO4)C2=O)c(C)c(C#N)c1=O. The van der Waals surface area contributed by atoms with Crippen LogP contribution < -0.4 is 19.9 Å². The Labute approximate surface area is 231 Å². The van der Waals surface area contributed by atoms with Crippen molar-refractivity contribution in [3.8, 4) is 17.6 Å². The van der Waals surface area contributed by atoms with Crippen LogP contribution in [-0.4, -0.2) is 39.6 Å². The summed E-state index contributed by atoms with van der Waals surface area (Å²) in [5.74, 6) is 2.83. The van der Waals surface area contributed by atoms with E-state index in [0.717, 1.165) is 36.5 Å². The third-order valence-corrected chi connectivity index (χ3v) is 8.64. The molecule has 198 valence electrons. The summed E-state index contributed by atoms with van der Waals surface area (Å²) in [4.78, 5) is 31.2. The number of anilines is 1. The van der Waals surface area contributed by atoms with Crippen molar-refractivity contribution in [2.75, 3.05) is 24.8 Å². The molecule has 2 unspecified atom stereocenters. The molecule has 0 N–H and O–H groups in total. The molecule has 10 heteroatoms. The Morgan fingerprint density at radius 1 is 1.18 bits per heavy atom. The van der Waals surface area contributed by atoms with E-state index in [2.05, 4.69) is 24.8 Å². The van der Waals surface area contributed by atoms with Crippen molar-refractivity contribution in [2.45, 2.75) is 47.2 Å². The second-order valence-corrected chi connectivity index (χ2v) is 11.9. The minimum atomic E-state index is -0.291. The number of pyridine rings is 1. The molecule has 0 aliphatic carbocycles. The van der Waals surface area contributed by atoms with Gasteiger partial charge in [0, 0.05) is 25.2 Å². The van der Waals surface area contributed by atoms with Crippen LogP contribution in [0.5, 0.6) is 11.5 Å². The van der Waals surface area contributed by atoms with Gasteiger partial charge in [-0.25, -0.2) is 0 Å². The molecule has 2 atom stereocenters. The van der Waals surface area contributed by atoms with Gasteiger partial charge in [-0.1, -0.05) is 43.9 Å². The number of ether oxygens (including phenoxy) is 2. The van der Waals surface area contributed by atoms with Gasteiger partial charge in [-0.05, 0) is 61.4 Å². The Balaban J connectivity index is 1.56. The molecule has 5 rings (SSSR count). The number of piperidine rings is 1. The minimum absolute atomic E-state index is 0.107. The molecule has 8 nitrogen and oxygen atoms in total. The predicted octanol–water partition coefficient (Wildman–Crippen LogP) is 4.66. The predicted molar refractivity (Wildman–Crippen MR) is 152 cm³/mol. The number of carbonyl (C=O) groups excluding carboxylic acids is 1. The van der Waals surface area contributed by atoms with Crippen LogP contribution in [0.15, 0.2) is 27.9 Å². The first-order valence-corrected chi connectivity index (χ1v) is 14.0. The van der Waals surface area contributed by atoms with Gasteiger partial charge in [0.25, 0.3) is 11.5 Å². The van der Waals surface area contributed by atoms with Gasteiger partial charge in [-0.15, -0.1) is 0 Å². The first-order chi connectivity index (χ1) is 18.2. The fourth-order valence-corrected chi connectivity index (χ4v) is 6.84. The maximum atomic E-state index is 13.6. The van der Waals surface area contributed by atoms with Crippen LogP contribution in [0, 0.1) is 30.1 Å². The highest BCUT2D eigenvalue weighted by Crippen LogP contribution is 2.39. The van der Waals surface area contributed by atoms with Crippen molar-refractivity contribution in [3.05, 3.63) is 55.7 Å². The molecule has 1 aromatic carbocycles. The minimum Gasteiger partial charge on any atom is -0.454 e. The van der Waals surface area contributed by atoms with Gasteiger partial charge in [0.15, 0.2) is 11.5 Å². The molecule has 2 fully saturated rings. The molecule has 3 aliphatic heterocycles. The van der Waals surface area contributed by atoms with E-state index < -0.39 is 0 Å². The van der Waals surface area contributed by atoms with Crippen molar-refractivity contribution in [1.29, 1.82) is 5.26 Å². The molecule has 2 aromatic rings. The maximum absolute atomic E-state index is 13.6. The number of benzene rings is 1. The second-order valence-electron chi connectivity index (χ2n) is 10.2. The average Bonchev–Trinajstić information content (AvgIpc) is 3.44. The number of hydrogen-bond donors (Lipinski definition) is 0. The Kier molecular flexibility index (Phi) is 7.25. The van der Waals surface area contributed by atoms with Crippen LogP contribution in [-0.2, 0) is 17.9 Å².